The largest absolute Gasteiger partial charge is 0.457 e. The quantitative estimate of drug-likeness (QED) is 0.492. The van der Waals surface area contributed by atoms with Crippen molar-refractivity contribution in [2.75, 3.05) is 44.2 Å². The van der Waals surface area contributed by atoms with Crippen LogP contribution in [0.5, 0.6) is 11.5 Å². The summed E-state index contributed by atoms with van der Waals surface area (Å²) >= 11 is 0. The van der Waals surface area contributed by atoms with Gasteiger partial charge in [0.1, 0.15) is 11.5 Å². The van der Waals surface area contributed by atoms with E-state index >= 15 is 0 Å². The van der Waals surface area contributed by atoms with Gasteiger partial charge >= 0.3 is 0 Å². The maximum Gasteiger partial charge on any atom is 0.251 e. The van der Waals surface area contributed by atoms with E-state index in [0.29, 0.717) is 23.6 Å². The van der Waals surface area contributed by atoms with E-state index < -0.39 is 0 Å². The van der Waals surface area contributed by atoms with Crippen LogP contribution in [0.15, 0.2) is 73.1 Å². The molecule has 1 fully saturated rings. The molecular weight excluding hydrogens is 412 g/mol. The van der Waals surface area contributed by atoms with E-state index in [2.05, 4.69) is 51.3 Å². The summed E-state index contributed by atoms with van der Waals surface area (Å²) in [5, 5.41) is 3.03. The number of pyridine rings is 1. The Morgan fingerprint density at radius 3 is 2.52 bits per heavy atom. The molecular formula is C27H32N4O2. The molecule has 1 N–H and O–H groups in total. The number of unbranched alkanes of at least 4 members (excludes halogenated alkanes) is 1. The van der Waals surface area contributed by atoms with Gasteiger partial charge in [0.25, 0.3) is 5.91 Å². The van der Waals surface area contributed by atoms with Gasteiger partial charge in [0.2, 0.25) is 0 Å². The number of aryl methyl sites for hydroxylation is 1. The molecule has 2 heterocycles. The smallest absolute Gasteiger partial charge is 0.251 e. The Morgan fingerprint density at radius 1 is 0.939 bits per heavy atom. The molecule has 0 aliphatic carbocycles. The minimum Gasteiger partial charge on any atom is -0.457 e. The van der Waals surface area contributed by atoms with Crippen LogP contribution < -0.4 is 15.0 Å². The van der Waals surface area contributed by atoms with Crippen LogP contribution >= 0.6 is 0 Å². The van der Waals surface area contributed by atoms with Crippen molar-refractivity contribution in [1.29, 1.82) is 0 Å². The van der Waals surface area contributed by atoms with Crippen LogP contribution in [-0.4, -0.2) is 55.1 Å². The first-order valence-corrected chi connectivity index (χ1v) is 11.7. The van der Waals surface area contributed by atoms with E-state index in [-0.39, 0.29) is 5.91 Å². The number of hydrogen-bond donors (Lipinski definition) is 1. The zero-order chi connectivity index (χ0) is 22.9. The van der Waals surface area contributed by atoms with Crippen molar-refractivity contribution in [2.24, 2.45) is 0 Å². The minimum absolute atomic E-state index is 0.0676. The summed E-state index contributed by atoms with van der Waals surface area (Å²) in [5.41, 5.74) is 3.24. The van der Waals surface area contributed by atoms with Crippen molar-refractivity contribution in [3.63, 3.8) is 0 Å². The highest BCUT2D eigenvalue weighted by Crippen LogP contribution is 2.21. The zero-order valence-electron chi connectivity index (χ0n) is 19.2. The van der Waals surface area contributed by atoms with Gasteiger partial charge in [-0.15, -0.1) is 0 Å². The fourth-order valence-corrected chi connectivity index (χ4v) is 4.06. The van der Waals surface area contributed by atoms with Gasteiger partial charge in [0.05, 0.1) is 0 Å². The Hall–Kier alpha value is -3.38. The molecule has 6 heteroatoms. The van der Waals surface area contributed by atoms with Gasteiger partial charge in [-0.1, -0.05) is 18.2 Å². The van der Waals surface area contributed by atoms with E-state index in [4.69, 9.17) is 4.74 Å². The topological polar surface area (TPSA) is 57.7 Å². The summed E-state index contributed by atoms with van der Waals surface area (Å²) < 4.78 is 5.79. The molecule has 6 nitrogen and oxygen atoms in total. The predicted molar refractivity (Wildman–Crippen MR) is 132 cm³/mol. The zero-order valence-corrected chi connectivity index (χ0v) is 19.2. The molecule has 0 unspecified atom stereocenters. The number of anilines is 1. The van der Waals surface area contributed by atoms with Crippen LogP contribution in [0.2, 0.25) is 0 Å². The molecule has 0 radical (unpaired) electrons. The summed E-state index contributed by atoms with van der Waals surface area (Å²) in [5.74, 6) is 1.27. The molecule has 4 rings (SSSR count). The third-order valence-electron chi connectivity index (χ3n) is 5.91. The molecule has 33 heavy (non-hydrogen) atoms. The standard InChI is InChI=1S/C27H32N4O2/c1-22-6-4-8-24(20-22)31-18-16-30(17-19-31)15-3-2-12-29-27(32)23-7-5-9-26(21-23)33-25-10-13-28-14-11-25/h4-11,13-14,20-21H,2-3,12,15-19H2,1H3,(H,29,32). The number of piperazine rings is 1. The van der Waals surface area contributed by atoms with E-state index in [1.807, 2.05) is 18.2 Å². The maximum absolute atomic E-state index is 12.5. The van der Waals surface area contributed by atoms with Gasteiger partial charge in [-0.05, 0) is 74.3 Å². The Bertz CT molecular complexity index is 1030. The number of carbonyl (C=O) groups excluding carboxylic acids is 1. The van der Waals surface area contributed by atoms with Gasteiger partial charge in [-0.2, -0.15) is 0 Å². The average Bonchev–Trinajstić information content (AvgIpc) is 2.85. The molecule has 1 aromatic heterocycles. The molecule has 0 bridgehead atoms. The number of benzene rings is 2. The summed E-state index contributed by atoms with van der Waals surface area (Å²) in [6, 6.07) is 19.6. The first-order valence-electron chi connectivity index (χ1n) is 11.7. The fourth-order valence-electron chi connectivity index (χ4n) is 4.06. The first kappa shape index (κ1) is 22.8. The van der Waals surface area contributed by atoms with Gasteiger partial charge in [0, 0.05) is 56.4 Å². The monoisotopic (exact) mass is 444 g/mol. The number of rotatable bonds is 9. The third-order valence-corrected chi connectivity index (χ3v) is 5.91. The van der Waals surface area contributed by atoms with Crippen molar-refractivity contribution in [3.8, 4) is 11.5 Å². The van der Waals surface area contributed by atoms with E-state index in [0.717, 1.165) is 45.6 Å². The van der Waals surface area contributed by atoms with Crippen LogP contribution in [0, 0.1) is 6.92 Å². The second kappa shape index (κ2) is 11.5. The van der Waals surface area contributed by atoms with Crippen molar-refractivity contribution >= 4 is 11.6 Å². The van der Waals surface area contributed by atoms with Gasteiger partial charge in [-0.3, -0.25) is 14.7 Å². The molecule has 1 aliphatic rings. The number of amides is 1. The number of ether oxygens (including phenoxy) is 1. The van der Waals surface area contributed by atoms with Gasteiger partial charge in [-0.25, -0.2) is 0 Å². The van der Waals surface area contributed by atoms with E-state index in [1.54, 1.807) is 30.6 Å². The molecule has 3 aromatic rings. The normalized spacial score (nSPS) is 14.2. The molecule has 0 saturated carbocycles. The number of nitrogens with one attached hydrogen (secondary N) is 1. The first-order chi connectivity index (χ1) is 16.2. The van der Waals surface area contributed by atoms with Crippen molar-refractivity contribution in [1.82, 2.24) is 15.2 Å². The highest BCUT2D eigenvalue weighted by Gasteiger charge is 2.16. The van der Waals surface area contributed by atoms with Gasteiger partial charge < -0.3 is 15.0 Å². The molecule has 1 amide bonds. The van der Waals surface area contributed by atoms with Crippen LogP contribution in [-0.2, 0) is 0 Å². The lowest BCUT2D eigenvalue weighted by Gasteiger charge is -2.36. The summed E-state index contributed by atoms with van der Waals surface area (Å²) in [4.78, 5) is 21.5. The van der Waals surface area contributed by atoms with Crippen LogP contribution in [0.1, 0.15) is 28.8 Å². The lowest BCUT2D eigenvalue weighted by Crippen LogP contribution is -2.46. The molecule has 1 saturated heterocycles. The molecule has 0 atom stereocenters. The maximum atomic E-state index is 12.5. The summed E-state index contributed by atoms with van der Waals surface area (Å²) in [6.07, 6.45) is 5.40. The Balaban J connectivity index is 1.14. The number of hydrogen-bond acceptors (Lipinski definition) is 5. The number of carbonyl (C=O) groups is 1. The van der Waals surface area contributed by atoms with Crippen LogP contribution in [0.25, 0.3) is 0 Å². The molecule has 172 valence electrons. The van der Waals surface area contributed by atoms with Gasteiger partial charge in [0.15, 0.2) is 0 Å². The van der Waals surface area contributed by atoms with Crippen molar-refractivity contribution < 1.29 is 9.53 Å². The minimum atomic E-state index is -0.0676. The SMILES string of the molecule is Cc1cccc(N2CCN(CCCCNC(=O)c3cccc(Oc4ccncc4)c3)CC2)c1. The molecule has 2 aromatic carbocycles. The second-order valence-corrected chi connectivity index (χ2v) is 8.44. The fraction of sp³-hybridized carbons (Fsp3) is 0.333. The van der Waals surface area contributed by atoms with Crippen molar-refractivity contribution in [3.05, 3.63) is 84.2 Å². The number of aromatic nitrogens is 1. The average molecular weight is 445 g/mol. The van der Waals surface area contributed by atoms with E-state index in [9.17, 15) is 4.79 Å². The second-order valence-electron chi connectivity index (χ2n) is 8.44. The Kier molecular flexibility index (Phi) is 7.93. The third kappa shape index (κ3) is 6.80. The molecule has 1 aliphatic heterocycles. The lowest BCUT2D eigenvalue weighted by atomic mass is 10.2. The van der Waals surface area contributed by atoms with E-state index in [1.165, 1.54) is 11.3 Å². The summed E-state index contributed by atoms with van der Waals surface area (Å²) in [6.45, 7) is 8.21. The Morgan fingerprint density at radius 2 is 1.73 bits per heavy atom. The summed E-state index contributed by atoms with van der Waals surface area (Å²) in [7, 11) is 0. The predicted octanol–water partition coefficient (Wildman–Crippen LogP) is 4.51. The highest BCUT2D eigenvalue weighted by atomic mass is 16.5. The number of nitrogens with zero attached hydrogens (tertiary/aromatic N) is 3. The van der Waals surface area contributed by atoms with Crippen molar-refractivity contribution in [2.45, 2.75) is 19.8 Å². The lowest BCUT2D eigenvalue weighted by molar-refractivity contribution is 0.0952. The van der Waals surface area contributed by atoms with Crippen LogP contribution in [0.3, 0.4) is 0 Å². The highest BCUT2D eigenvalue weighted by molar-refractivity contribution is 5.94. The molecule has 0 spiro atoms. The Labute approximate surface area is 196 Å². The van der Waals surface area contributed by atoms with Crippen LogP contribution in [0.4, 0.5) is 5.69 Å².